The summed E-state index contributed by atoms with van der Waals surface area (Å²) in [5, 5.41) is 4.35. The predicted octanol–water partition coefficient (Wildman–Crippen LogP) is 3.90. The van der Waals surface area contributed by atoms with Crippen LogP contribution >= 0.6 is 23.1 Å². The highest BCUT2D eigenvalue weighted by molar-refractivity contribution is 8.01. The first-order valence-electron chi connectivity index (χ1n) is 10.7. The Labute approximate surface area is 196 Å². The van der Waals surface area contributed by atoms with Crippen molar-refractivity contribution in [2.75, 3.05) is 45.2 Å². The number of hydrogen-bond donors (Lipinski definition) is 1. The molecule has 9 heteroatoms. The van der Waals surface area contributed by atoms with E-state index in [1.807, 2.05) is 25.3 Å². The van der Waals surface area contributed by atoms with E-state index in [-0.39, 0.29) is 11.8 Å². The van der Waals surface area contributed by atoms with Crippen molar-refractivity contribution < 1.29 is 14.3 Å². The first-order chi connectivity index (χ1) is 15.5. The Bertz CT molecular complexity index is 1010. The largest absolute Gasteiger partial charge is 0.496 e. The molecule has 1 saturated carbocycles. The van der Waals surface area contributed by atoms with Gasteiger partial charge < -0.3 is 19.9 Å². The van der Waals surface area contributed by atoms with Gasteiger partial charge in [0, 0.05) is 37.6 Å². The van der Waals surface area contributed by atoms with E-state index in [0.717, 1.165) is 32.3 Å². The molecule has 0 bridgehead atoms. The molecule has 1 aliphatic carbocycles. The van der Waals surface area contributed by atoms with Gasteiger partial charge in [0.25, 0.3) is 5.91 Å². The number of rotatable bonds is 8. The summed E-state index contributed by atoms with van der Waals surface area (Å²) in [6, 6.07) is 3.83. The van der Waals surface area contributed by atoms with Crippen LogP contribution in [0.3, 0.4) is 0 Å². The van der Waals surface area contributed by atoms with Crippen LogP contribution in [0.5, 0.6) is 5.75 Å². The number of aromatic nitrogens is 1. The standard InChI is InChI=1S/C23H28N4O3S2/c1-4-20(28)26-7-9-27(10-8-26)22(29)17-12-19(15(2)11-18(17)30-3)31-21-14-25-23(32-21)24-13-16-5-6-16/h4,11-12,14,16H,1,5-10,13H2,2-3H3,(H,24,25). The monoisotopic (exact) mass is 472 g/mol. The lowest BCUT2D eigenvalue weighted by Crippen LogP contribution is -2.50. The molecule has 0 atom stereocenters. The van der Waals surface area contributed by atoms with Crippen LogP contribution in [-0.4, -0.2) is 66.4 Å². The fourth-order valence-corrected chi connectivity index (χ4v) is 5.54. The lowest BCUT2D eigenvalue weighted by atomic mass is 10.1. The Morgan fingerprint density at radius 2 is 2.00 bits per heavy atom. The van der Waals surface area contributed by atoms with Gasteiger partial charge in [-0.15, -0.1) is 0 Å². The van der Waals surface area contributed by atoms with Crippen molar-refractivity contribution in [1.82, 2.24) is 14.8 Å². The summed E-state index contributed by atoms with van der Waals surface area (Å²) in [6.07, 6.45) is 5.81. The number of nitrogens with zero attached hydrogens (tertiary/aromatic N) is 3. The van der Waals surface area contributed by atoms with Crippen LogP contribution in [0, 0.1) is 12.8 Å². The van der Waals surface area contributed by atoms with Crippen molar-refractivity contribution in [2.24, 2.45) is 5.92 Å². The van der Waals surface area contributed by atoms with Crippen molar-refractivity contribution in [3.63, 3.8) is 0 Å². The highest BCUT2D eigenvalue weighted by Crippen LogP contribution is 2.39. The maximum atomic E-state index is 13.3. The number of piperazine rings is 1. The van der Waals surface area contributed by atoms with E-state index in [4.69, 9.17) is 4.74 Å². The molecule has 32 heavy (non-hydrogen) atoms. The summed E-state index contributed by atoms with van der Waals surface area (Å²) in [7, 11) is 1.58. The zero-order valence-electron chi connectivity index (χ0n) is 18.4. The molecule has 170 valence electrons. The molecule has 2 amide bonds. The van der Waals surface area contributed by atoms with Gasteiger partial charge in [-0.2, -0.15) is 0 Å². The Kier molecular flexibility index (Phi) is 7.05. The second-order valence-electron chi connectivity index (χ2n) is 8.05. The Morgan fingerprint density at radius 1 is 1.28 bits per heavy atom. The van der Waals surface area contributed by atoms with E-state index in [1.165, 1.54) is 18.9 Å². The van der Waals surface area contributed by atoms with Crippen molar-refractivity contribution in [3.8, 4) is 5.75 Å². The number of thiazole rings is 1. The molecule has 0 unspecified atom stereocenters. The second-order valence-corrected chi connectivity index (χ2v) is 10.4. The van der Waals surface area contributed by atoms with Crippen LogP contribution in [0.1, 0.15) is 28.8 Å². The number of anilines is 1. The molecule has 7 nitrogen and oxygen atoms in total. The maximum Gasteiger partial charge on any atom is 0.257 e. The average Bonchev–Trinajstić information content (AvgIpc) is 3.55. The maximum absolute atomic E-state index is 13.3. The van der Waals surface area contributed by atoms with Crippen molar-refractivity contribution in [1.29, 1.82) is 0 Å². The zero-order valence-corrected chi connectivity index (χ0v) is 20.1. The SMILES string of the molecule is C=CC(=O)N1CCN(C(=O)c2cc(Sc3cnc(NCC4CC4)s3)c(C)cc2OC)CC1. The highest BCUT2D eigenvalue weighted by Gasteiger charge is 2.26. The summed E-state index contributed by atoms with van der Waals surface area (Å²) in [5.41, 5.74) is 1.59. The minimum atomic E-state index is -0.0979. The first-order valence-corrected chi connectivity index (χ1v) is 12.4. The van der Waals surface area contributed by atoms with E-state index in [9.17, 15) is 9.59 Å². The Morgan fingerprint density at radius 3 is 2.66 bits per heavy atom. The minimum absolute atomic E-state index is 0.0782. The summed E-state index contributed by atoms with van der Waals surface area (Å²) in [5.74, 6) is 1.19. The number of carbonyl (C=O) groups excluding carboxylic acids is 2. The third-order valence-electron chi connectivity index (χ3n) is 5.71. The fraction of sp³-hybridized carbons (Fsp3) is 0.435. The molecule has 0 radical (unpaired) electrons. The molecule has 1 saturated heterocycles. The quantitative estimate of drug-likeness (QED) is 0.588. The number of nitrogens with one attached hydrogen (secondary N) is 1. The molecule has 1 aromatic carbocycles. The van der Waals surface area contributed by atoms with E-state index in [2.05, 4.69) is 16.9 Å². The van der Waals surface area contributed by atoms with Crippen LogP contribution < -0.4 is 10.1 Å². The van der Waals surface area contributed by atoms with Gasteiger partial charge >= 0.3 is 0 Å². The van der Waals surface area contributed by atoms with Gasteiger partial charge in [-0.25, -0.2) is 4.98 Å². The number of ether oxygens (including phenoxy) is 1. The first kappa shape index (κ1) is 22.7. The number of benzene rings is 1. The molecule has 4 rings (SSSR count). The Hall–Kier alpha value is -2.52. The summed E-state index contributed by atoms with van der Waals surface area (Å²) in [4.78, 5) is 34.1. The van der Waals surface area contributed by atoms with Gasteiger partial charge in [-0.1, -0.05) is 29.7 Å². The third-order valence-corrected chi connectivity index (χ3v) is 7.93. The van der Waals surface area contributed by atoms with E-state index >= 15 is 0 Å². The molecule has 1 N–H and O–H groups in total. The van der Waals surface area contributed by atoms with Crippen LogP contribution in [-0.2, 0) is 4.79 Å². The molecule has 2 heterocycles. The normalized spacial score (nSPS) is 16.1. The fourth-order valence-electron chi connectivity index (χ4n) is 3.59. The van der Waals surface area contributed by atoms with Gasteiger partial charge in [-0.3, -0.25) is 9.59 Å². The van der Waals surface area contributed by atoms with Crippen LogP contribution in [0.2, 0.25) is 0 Å². The number of methoxy groups -OCH3 is 1. The summed E-state index contributed by atoms with van der Waals surface area (Å²) < 4.78 is 6.61. The van der Waals surface area contributed by atoms with Crippen LogP contribution in [0.25, 0.3) is 0 Å². The van der Waals surface area contributed by atoms with Crippen molar-refractivity contribution >= 4 is 40.0 Å². The van der Waals surface area contributed by atoms with Gasteiger partial charge in [0.2, 0.25) is 5.91 Å². The highest BCUT2D eigenvalue weighted by atomic mass is 32.2. The van der Waals surface area contributed by atoms with Crippen molar-refractivity contribution in [2.45, 2.75) is 28.9 Å². The Balaban J connectivity index is 1.47. The van der Waals surface area contributed by atoms with Crippen LogP contribution in [0.4, 0.5) is 5.13 Å². The van der Waals surface area contributed by atoms with Gasteiger partial charge in [0.15, 0.2) is 5.13 Å². The van der Waals surface area contributed by atoms with E-state index in [0.29, 0.717) is 37.5 Å². The predicted molar refractivity (Wildman–Crippen MR) is 128 cm³/mol. The zero-order chi connectivity index (χ0) is 22.7. The smallest absolute Gasteiger partial charge is 0.257 e. The summed E-state index contributed by atoms with van der Waals surface area (Å²) >= 11 is 3.25. The number of carbonyl (C=O) groups is 2. The van der Waals surface area contributed by atoms with Crippen molar-refractivity contribution in [3.05, 3.63) is 42.1 Å². The number of aryl methyl sites for hydroxylation is 1. The lowest BCUT2D eigenvalue weighted by molar-refractivity contribution is -0.127. The number of hydrogen-bond acceptors (Lipinski definition) is 7. The average molecular weight is 473 g/mol. The van der Waals surface area contributed by atoms with Crippen LogP contribution in [0.15, 0.2) is 40.1 Å². The molecule has 2 aromatic rings. The molecular formula is C23H28N4O3S2. The number of amides is 2. The molecule has 2 fully saturated rings. The van der Waals surface area contributed by atoms with Gasteiger partial charge in [-0.05, 0) is 49.5 Å². The minimum Gasteiger partial charge on any atom is -0.496 e. The lowest BCUT2D eigenvalue weighted by Gasteiger charge is -2.34. The molecule has 0 spiro atoms. The molecule has 2 aliphatic rings. The molecular weight excluding hydrogens is 444 g/mol. The van der Waals surface area contributed by atoms with Gasteiger partial charge in [0.05, 0.1) is 23.1 Å². The second kappa shape index (κ2) is 9.95. The van der Waals surface area contributed by atoms with E-state index in [1.54, 1.807) is 40.0 Å². The third kappa shape index (κ3) is 5.27. The molecule has 1 aromatic heterocycles. The molecule has 1 aliphatic heterocycles. The van der Waals surface area contributed by atoms with Gasteiger partial charge in [0.1, 0.15) is 5.75 Å². The summed E-state index contributed by atoms with van der Waals surface area (Å²) in [6.45, 7) is 8.53. The van der Waals surface area contributed by atoms with E-state index < -0.39 is 0 Å². The topological polar surface area (TPSA) is 74.8 Å².